The molecule has 29 heavy (non-hydrogen) atoms. The molecule has 4 fully saturated rings. The van der Waals surface area contributed by atoms with Crippen LogP contribution in [0.1, 0.15) is 65.7 Å². The lowest BCUT2D eigenvalue weighted by atomic mass is 9.45. The number of allylic oxidation sites excluding steroid dienone is 1. The maximum atomic E-state index is 13.0. The van der Waals surface area contributed by atoms with E-state index < -0.39 is 0 Å². The van der Waals surface area contributed by atoms with Crippen LogP contribution in [-0.2, 0) is 14.3 Å². The number of ketones is 1. The average Bonchev–Trinajstić information content (AvgIpc) is 3.12. The van der Waals surface area contributed by atoms with Crippen molar-refractivity contribution in [2.24, 2.45) is 39.6 Å². The number of nitrogens with zero attached hydrogens (tertiary/aromatic N) is 2. The van der Waals surface area contributed by atoms with Gasteiger partial charge in [0.25, 0.3) is 0 Å². The van der Waals surface area contributed by atoms with Crippen molar-refractivity contribution >= 4 is 18.0 Å². The third kappa shape index (κ3) is 1.96. The first kappa shape index (κ1) is 18.1. The first-order chi connectivity index (χ1) is 13.8. The molecule has 156 valence electrons. The van der Waals surface area contributed by atoms with Crippen LogP contribution in [0, 0.1) is 34.5 Å². The van der Waals surface area contributed by atoms with Crippen molar-refractivity contribution in [3.8, 4) is 0 Å². The Balaban J connectivity index is 1.32. The van der Waals surface area contributed by atoms with Crippen LogP contribution in [0.2, 0.25) is 0 Å². The van der Waals surface area contributed by atoms with Gasteiger partial charge in [-0.2, -0.15) is 5.10 Å². The summed E-state index contributed by atoms with van der Waals surface area (Å²) < 4.78 is 5.56. The average molecular weight is 397 g/mol. The standard InChI is InChI=1S/C24H32N2O3/c1-14(27)29-17-6-8-22(2)15(10-17)4-5-18-19(22)7-9-23(3)20(18)11-16-12-25-26-13-21(28)24(16,23)26/h4,12,16-20H,5-11,13H2,1-3H3. The molecule has 0 bridgehead atoms. The number of hydrazone groups is 1. The Labute approximate surface area is 172 Å². The lowest BCUT2D eigenvalue weighted by Crippen LogP contribution is -2.73. The molecule has 8 atom stereocenters. The van der Waals surface area contributed by atoms with Crippen LogP contribution in [0.5, 0.6) is 0 Å². The largest absolute Gasteiger partial charge is 0.462 e. The minimum Gasteiger partial charge on any atom is -0.462 e. The summed E-state index contributed by atoms with van der Waals surface area (Å²) in [5.74, 6) is 2.55. The summed E-state index contributed by atoms with van der Waals surface area (Å²) in [4.78, 5) is 24.4. The predicted octanol–water partition coefficient (Wildman–Crippen LogP) is 3.73. The molecule has 0 aromatic rings. The second-order valence-corrected chi connectivity index (χ2v) is 11.0. The van der Waals surface area contributed by atoms with Gasteiger partial charge in [-0.25, -0.2) is 0 Å². The van der Waals surface area contributed by atoms with Crippen LogP contribution in [-0.4, -0.2) is 41.2 Å². The Hall–Kier alpha value is -1.65. The number of hydrogen-bond donors (Lipinski definition) is 0. The van der Waals surface area contributed by atoms with Crippen LogP contribution in [0.25, 0.3) is 0 Å². The molecule has 0 aromatic heterocycles. The smallest absolute Gasteiger partial charge is 0.302 e. The number of carbonyl (C=O) groups is 2. The molecule has 0 radical (unpaired) electrons. The van der Waals surface area contributed by atoms with E-state index in [1.54, 1.807) is 0 Å². The third-order valence-electron chi connectivity index (χ3n) is 10.2. The van der Waals surface area contributed by atoms with Gasteiger partial charge in [-0.15, -0.1) is 0 Å². The Morgan fingerprint density at radius 1 is 1.24 bits per heavy atom. The van der Waals surface area contributed by atoms with Gasteiger partial charge >= 0.3 is 5.97 Å². The maximum absolute atomic E-state index is 13.0. The molecule has 5 nitrogen and oxygen atoms in total. The number of ether oxygens (including phenoxy) is 1. The molecule has 2 heterocycles. The summed E-state index contributed by atoms with van der Waals surface area (Å²) in [6.45, 7) is 6.92. The molecular weight excluding hydrogens is 364 g/mol. The van der Waals surface area contributed by atoms with Crippen molar-refractivity contribution in [1.82, 2.24) is 5.01 Å². The monoisotopic (exact) mass is 396 g/mol. The summed E-state index contributed by atoms with van der Waals surface area (Å²) in [5.41, 5.74) is 1.49. The molecule has 0 amide bonds. The summed E-state index contributed by atoms with van der Waals surface area (Å²) >= 11 is 0. The summed E-state index contributed by atoms with van der Waals surface area (Å²) in [6, 6.07) is 0. The van der Waals surface area contributed by atoms with Crippen LogP contribution < -0.4 is 0 Å². The second kappa shape index (κ2) is 5.53. The van der Waals surface area contributed by atoms with E-state index in [1.807, 2.05) is 0 Å². The van der Waals surface area contributed by atoms with E-state index in [4.69, 9.17) is 4.74 Å². The quantitative estimate of drug-likeness (QED) is 0.501. The molecule has 1 saturated heterocycles. The molecule has 2 aliphatic heterocycles. The number of Topliss-reactive ketones (excluding diaryl/α,β-unsaturated/α-hetero) is 1. The van der Waals surface area contributed by atoms with Crippen molar-refractivity contribution in [2.45, 2.75) is 77.4 Å². The minimum atomic E-state index is -0.319. The number of hydrogen-bond acceptors (Lipinski definition) is 5. The van der Waals surface area contributed by atoms with Gasteiger partial charge < -0.3 is 4.74 Å². The number of carbonyl (C=O) groups excluding carboxylic acids is 2. The Morgan fingerprint density at radius 3 is 2.83 bits per heavy atom. The van der Waals surface area contributed by atoms with Gasteiger partial charge in [0, 0.05) is 30.9 Å². The van der Waals surface area contributed by atoms with Crippen molar-refractivity contribution in [1.29, 1.82) is 0 Å². The third-order valence-corrected chi connectivity index (χ3v) is 10.2. The van der Waals surface area contributed by atoms with Gasteiger partial charge in [0.1, 0.15) is 11.6 Å². The van der Waals surface area contributed by atoms with Crippen LogP contribution in [0.15, 0.2) is 16.8 Å². The van der Waals surface area contributed by atoms with E-state index in [2.05, 4.69) is 36.2 Å². The normalized spacial score (nSPS) is 51.8. The molecule has 0 N–H and O–H groups in total. The van der Waals surface area contributed by atoms with Crippen LogP contribution in [0.4, 0.5) is 0 Å². The van der Waals surface area contributed by atoms with Gasteiger partial charge in [0.2, 0.25) is 0 Å². The lowest BCUT2D eigenvalue weighted by Gasteiger charge is -2.62. The van der Waals surface area contributed by atoms with Gasteiger partial charge in [0.15, 0.2) is 5.78 Å². The number of fused-ring (bicyclic) bond motifs is 5. The fraction of sp³-hybridized carbons (Fsp3) is 0.792. The minimum absolute atomic E-state index is 0.0549. The van der Waals surface area contributed by atoms with Crippen molar-refractivity contribution in [3.63, 3.8) is 0 Å². The number of esters is 1. The molecule has 4 aliphatic carbocycles. The highest BCUT2D eigenvalue weighted by Crippen LogP contribution is 2.71. The number of rotatable bonds is 1. The van der Waals surface area contributed by atoms with E-state index >= 15 is 0 Å². The Morgan fingerprint density at radius 2 is 2.07 bits per heavy atom. The predicted molar refractivity (Wildman–Crippen MR) is 109 cm³/mol. The first-order valence-corrected chi connectivity index (χ1v) is 11.5. The lowest BCUT2D eigenvalue weighted by molar-refractivity contribution is -0.171. The molecule has 6 rings (SSSR count). The van der Waals surface area contributed by atoms with E-state index in [9.17, 15) is 9.59 Å². The molecule has 1 spiro atoms. The van der Waals surface area contributed by atoms with E-state index in [0.29, 0.717) is 36.0 Å². The van der Waals surface area contributed by atoms with Crippen molar-refractivity contribution in [2.75, 3.05) is 6.54 Å². The Bertz CT molecular complexity index is 864. The summed E-state index contributed by atoms with van der Waals surface area (Å²) in [6.07, 6.45) is 12.2. The second-order valence-electron chi connectivity index (χ2n) is 11.0. The van der Waals surface area contributed by atoms with Gasteiger partial charge in [-0.1, -0.05) is 25.5 Å². The molecule has 6 aliphatic rings. The Kier molecular flexibility index (Phi) is 3.46. The molecule has 5 heteroatoms. The van der Waals surface area contributed by atoms with Crippen LogP contribution in [0.3, 0.4) is 0 Å². The molecule has 8 unspecified atom stereocenters. The zero-order valence-electron chi connectivity index (χ0n) is 17.8. The first-order valence-electron chi connectivity index (χ1n) is 11.5. The van der Waals surface area contributed by atoms with E-state index in [-0.39, 0.29) is 28.4 Å². The van der Waals surface area contributed by atoms with Crippen molar-refractivity contribution < 1.29 is 14.3 Å². The van der Waals surface area contributed by atoms with Gasteiger partial charge in [-0.05, 0) is 61.7 Å². The zero-order valence-corrected chi connectivity index (χ0v) is 17.8. The van der Waals surface area contributed by atoms with Gasteiger partial charge in [0.05, 0.1) is 6.54 Å². The van der Waals surface area contributed by atoms with E-state index in [0.717, 1.165) is 38.5 Å². The molecular formula is C24H32N2O3. The van der Waals surface area contributed by atoms with Crippen molar-refractivity contribution in [3.05, 3.63) is 11.6 Å². The topological polar surface area (TPSA) is 59.0 Å². The highest BCUT2D eigenvalue weighted by atomic mass is 16.5. The SMILES string of the molecule is CC(=O)OC1CCC2(C)C(=CCC3C2CCC2(C)C3CC3C=NN4CC(=O)C342)C1. The fourth-order valence-electron chi connectivity index (χ4n) is 8.97. The summed E-state index contributed by atoms with van der Waals surface area (Å²) in [7, 11) is 0. The molecule has 0 aromatic carbocycles. The zero-order chi connectivity index (χ0) is 20.2. The van der Waals surface area contributed by atoms with E-state index in [1.165, 1.54) is 18.9 Å². The maximum Gasteiger partial charge on any atom is 0.302 e. The van der Waals surface area contributed by atoms with Crippen LogP contribution >= 0.6 is 0 Å². The molecule has 3 saturated carbocycles. The highest BCUT2D eigenvalue weighted by Gasteiger charge is 2.77. The highest BCUT2D eigenvalue weighted by molar-refractivity contribution is 6.02. The summed E-state index contributed by atoms with van der Waals surface area (Å²) in [5, 5.41) is 6.75. The fourth-order valence-corrected chi connectivity index (χ4v) is 8.97. The van der Waals surface area contributed by atoms with Gasteiger partial charge in [-0.3, -0.25) is 14.6 Å².